The molecule has 1 nitrogen and oxygen atoms in total. The zero-order valence-electron chi connectivity index (χ0n) is 14.4. The fourth-order valence-corrected chi connectivity index (χ4v) is 4.10. The summed E-state index contributed by atoms with van der Waals surface area (Å²) in [6.45, 7) is 7.77. The molecule has 0 saturated carbocycles. The number of benzene rings is 2. The van der Waals surface area contributed by atoms with Gasteiger partial charge in [0.25, 0.3) is 0 Å². The standard InChI is InChI=1S/C22H25N/c1-4-5-6-17-7-8-18-9-10-21-19-12-15(2)11-16(3)20(19)14-23(21)22(18)13-17/h7-13,21H,4-6,14H2,1-3H3. The van der Waals surface area contributed by atoms with Gasteiger partial charge in [-0.2, -0.15) is 0 Å². The Morgan fingerprint density at radius 1 is 1.13 bits per heavy atom. The molecular weight excluding hydrogens is 278 g/mol. The molecule has 0 spiro atoms. The van der Waals surface area contributed by atoms with Gasteiger partial charge in [-0.3, -0.25) is 0 Å². The number of fused-ring (bicyclic) bond motifs is 5. The molecule has 2 aliphatic rings. The smallest absolute Gasteiger partial charge is 0.0737 e. The van der Waals surface area contributed by atoms with E-state index in [-0.39, 0.29) is 0 Å². The van der Waals surface area contributed by atoms with Gasteiger partial charge in [-0.1, -0.05) is 55.3 Å². The highest BCUT2D eigenvalue weighted by Gasteiger charge is 2.32. The third-order valence-electron chi connectivity index (χ3n) is 5.32. The number of hydrogen-bond donors (Lipinski definition) is 0. The second-order valence-corrected chi connectivity index (χ2v) is 7.08. The minimum Gasteiger partial charge on any atom is -0.356 e. The van der Waals surface area contributed by atoms with Crippen molar-refractivity contribution in [3.63, 3.8) is 0 Å². The molecule has 0 amide bonds. The topological polar surface area (TPSA) is 3.24 Å². The lowest BCUT2D eigenvalue weighted by Crippen LogP contribution is -2.23. The van der Waals surface area contributed by atoms with Crippen LogP contribution >= 0.6 is 0 Å². The number of nitrogens with zero attached hydrogens (tertiary/aromatic N) is 1. The van der Waals surface area contributed by atoms with Crippen LogP contribution in [0.4, 0.5) is 5.69 Å². The normalized spacial score (nSPS) is 17.9. The summed E-state index contributed by atoms with van der Waals surface area (Å²) < 4.78 is 0. The van der Waals surface area contributed by atoms with Crippen molar-refractivity contribution in [3.05, 3.63) is 69.8 Å². The van der Waals surface area contributed by atoms with Crippen LogP contribution in [0.2, 0.25) is 0 Å². The maximum atomic E-state index is 2.59. The molecule has 1 heteroatoms. The van der Waals surface area contributed by atoms with Crippen molar-refractivity contribution < 1.29 is 0 Å². The molecule has 0 aliphatic carbocycles. The van der Waals surface area contributed by atoms with Gasteiger partial charge in [0.15, 0.2) is 0 Å². The SMILES string of the molecule is CCCCc1ccc2c(c1)N1Cc3c(C)cc(C)cc3C1C=C2. The first-order valence-corrected chi connectivity index (χ1v) is 8.85. The van der Waals surface area contributed by atoms with E-state index < -0.39 is 0 Å². The van der Waals surface area contributed by atoms with E-state index in [0.717, 1.165) is 6.54 Å². The highest BCUT2D eigenvalue weighted by Crippen LogP contribution is 2.45. The molecule has 0 saturated heterocycles. The molecule has 0 N–H and O–H groups in total. The lowest BCUT2D eigenvalue weighted by molar-refractivity contribution is 0.776. The maximum Gasteiger partial charge on any atom is 0.0737 e. The molecule has 2 aliphatic heterocycles. The Bertz CT molecular complexity index is 785. The van der Waals surface area contributed by atoms with E-state index in [1.54, 1.807) is 0 Å². The van der Waals surface area contributed by atoms with E-state index in [1.165, 1.54) is 58.3 Å². The summed E-state index contributed by atoms with van der Waals surface area (Å²) in [5.41, 5.74) is 10.1. The zero-order valence-corrected chi connectivity index (χ0v) is 14.4. The molecule has 0 bridgehead atoms. The third kappa shape index (κ3) is 2.39. The molecule has 2 aromatic rings. The number of unbranched alkanes of at least 4 members (excludes halogenated alkanes) is 1. The van der Waals surface area contributed by atoms with Crippen molar-refractivity contribution in [1.82, 2.24) is 0 Å². The Balaban J connectivity index is 1.75. The average molecular weight is 303 g/mol. The van der Waals surface area contributed by atoms with Gasteiger partial charge < -0.3 is 4.90 Å². The number of rotatable bonds is 3. The molecule has 2 heterocycles. The first-order chi connectivity index (χ1) is 11.2. The summed E-state index contributed by atoms with van der Waals surface area (Å²) in [4.78, 5) is 2.59. The Hall–Kier alpha value is -2.02. The fourth-order valence-electron chi connectivity index (χ4n) is 4.10. The van der Waals surface area contributed by atoms with Crippen molar-refractivity contribution in [3.8, 4) is 0 Å². The molecule has 4 rings (SSSR count). The van der Waals surface area contributed by atoms with Crippen molar-refractivity contribution >= 4 is 11.8 Å². The molecule has 0 radical (unpaired) electrons. The lowest BCUT2D eigenvalue weighted by atomic mass is 9.95. The van der Waals surface area contributed by atoms with E-state index in [1.807, 2.05) is 0 Å². The largest absolute Gasteiger partial charge is 0.356 e. The van der Waals surface area contributed by atoms with Gasteiger partial charge in [-0.05, 0) is 60.6 Å². The van der Waals surface area contributed by atoms with E-state index in [0.29, 0.717) is 6.04 Å². The van der Waals surface area contributed by atoms with Crippen molar-refractivity contribution in [2.24, 2.45) is 0 Å². The Morgan fingerprint density at radius 3 is 2.83 bits per heavy atom. The van der Waals surface area contributed by atoms with Crippen LogP contribution in [0.15, 0.2) is 36.4 Å². The van der Waals surface area contributed by atoms with Crippen LogP contribution in [0.3, 0.4) is 0 Å². The van der Waals surface area contributed by atoms with Gasteiger partial charge in [0, 0.05) is 12.2 Å². The molecule has 1 atom stereocenters. The average Bonchev–Trinajstić information content (AvgIpc) is 2.92. The summed E-state index contributed by atoms with van der Waals surface area (Å²) in [5, 5.41) is 0. The van der Waals surface area contributed by atoms with Crippen molar-refractivity contribution in [2.45, 2.75) is 52.6 Å². The lowest BCUT2D eigenvalue weighted by Gasteiger charge is -2.30. The van der Waals surface area contributed by atoms with E-state index in [4.69, 9.17) is 0 Å². The van der Waals surface area contributed by atoms with E-state index >= 15 is 0 Å². The monoisotopic (exact) mass is 303 g/mol. The van der Waals surface area contributed by atoms with Crippen LogP contribution < -0.4 is 4.90 Å². The van der Waals surface area contributed by atoms with Gasteiger partial charge in [0.2, 0.25) is 0 Å². The molecule has 0 fully saturated rings. The second-order valence-electron chi connectivity index (χ2n) is 7.08. The zero-order chi connectivity index (χ0) is 16.0. The minimum atomic E-state index is 0.414. The van der Waals surface area contributed by atoms with Gasteiger partial charge >= 0.3 is 0 Å². The van der Waals surface area contributed by atoms with Crippen LogP contribution in [0.25, 0.3) is 6.08 Å². The fraction of sp³-hybridized carbons (Fsp3) is 0.364. The first-order valence-electron chi connectivity index (χ1n) is 8.85. The van der Waals surface area contributed by atoms with Crippen LogP contribution in [0.1, 0.15) is 59.2 Å². The maximum absolute atomic E-state index is 2.59. The molecule has 1 unspecified atom stereocenters. The van der Waals surface area contributed by atoms with Crippen LogP contribution in [-0.2, 0) is 13.0 Å². The summed E-state index contributed by atoms with van der Waals surface area (Å²) >= 11 is 0. The molecule has 23 heavy (non-hydrogen) atoms. The Morgan fingerprint density at radius 2 is 2.00 bits per heavy atom. The number of hydrogen-bond acceptors (Lipinski definition) is 1. The van der Waals surface area contributed by atoms with Crippen LogP contribution in [-0.4, -0.2) is 0 Å². The Labute approximate surface area is 139 Å². The molecule has 0 aromatic heterocycles. The summed E-state index contributed by atoms with van der Waals surface area (Å²) in [6, 6.07) is 12.1. The van der Waals surface area contributed by atoms with Gasteiger partial charge in [-0.25, -0.2) is 0 Å². The van der Waals surface area contributed by atoms with Crippen molar-refractivity contribution in [1.29, 1.82) is 0 Å². The van der Waals surface area contributed by atoms with Crippen molar-refractivity contribution in [2.75, 3.05) is 4.90 Å². The number of anilines is 1. The second kappa shape index (κ2) is 5.56. The highest BCUT2D eigenvalue weighted by atomic mass is 15.2. The first kappa shape index (κ1) is 14.6. The molecule has 2 aromatic carbocycles. The molecule has 118 valence electrons. The molecular formula is C22H25N. The van der Waals surface area contributed by atoms with Crippen LogP contribution in [0.5, 0.6) is 0 Å². The minimum absolute atomic E-state index is 0.414. The summed E-state index contributed by atoms with van der Waals surface area (Å²) in [7, 11) is 0. The Kier molecular flexibility index (Phi) is 3.52. The third-order valence-corrected chi connectivity index (χ3v) is 5.32. The van der Waals surface area contributed by atoms with Gasteiger partial charge in [-0.15, -0.1) is 0 Å². The summed E-state index contributed by atoms with van der Waals surface area (Å²) in [5.74, 6) is 0. The van der Waals surface area contributed by atoms with E-state index in [2.05, 4.69) is 68.2 Å². The predicted octanol–water partition coefficient (Wildman–Crippen LogP) is 5.73. The highest BCUT2D eigenvalue weighted by molar-refractivity contribution is 5.76. The van der Waals surface area contributed by atoms with Gasteiger partial charge in [0.1, 0.15) is 0 Å². The predicted molar refractivity (Wildman–Crippen MR) is 98.9 cm³/mol. The number of aryl methyl sites for hydroxylation is 3. The van der Waals surface area contributed by atoms with Crippen LogP contribution in [0, 0.1) is 13.8 Å². The van der Waals surface area contributed by atoms with Gasteiger partial charge in [0.05, 0.1) is 6.04 Å². The summed E-state index contributed by atoms with van der Waals surface area (Å²) in [6.07, 6.45) is 8.41. The van der Waals surface area contributed by atoms with E-state index in [9.17, 15) is 0 Å². The quantitative estimate of drug-likeness (QED) is 0.699.